The third-order valence-electron chi connectivity index (χ3n) is 5.52. The molecule has 39 heavy (non-hydrogen) atoms. The Labute approximate surface area is 226 Å². The average Bonchev–Trinajstić information content (AvgIpc) is 3.42. The van der Waals surface area contributed by atoms with Crippen molar-refractivity contribution in [2.45, 2.75) is 13.5 Å². The summed E-state index contributed by atoms with van der Waals surface area (Å²) in [6.45, 7) is 2.60. The number of hydrazone groups is 1. The van der Waals surface area contributed by atoms with Crippen LogP contribution >= 0.6 is 0 Å². The molecule has 200 valence electrons. The van der Waals surface area contributed by atoms with Crippen molar-refractivity contribution < 1.29 is 19.1 Å². The van der Waals surface area contributed by atoms with Crippen molar-refractivity contribution in [3.63, 3.8) is 0 Å². The van der Waals surface area contributed by atoms with Gasteiger partial charge in [0, 0.05) is 25.2 Å². The highest BCUT2D eigenvalue weighted by molar-refractivity contribution is 5.95. The van der Waals surface area contributed by atoms with E-state index in [9.17, 15) is 9.59 Å². The quantitative estimate of drug-likeness (QED) is 0.235. The number of carbonyl (C=O) groups excluding carboxylic acids is 2. The van der Waals surface area contributed by atoms with E-state index in [1.807, 2.05) is 49.4 Å². The molecular formula is C28H29N7O4. The molecule has 0 aliphatic carbocycles. The molecule has 0 saturated carbocycles. The van der Waals surface area contributed by atoms with Crippen LogP contribution in [-0.2, 0) is 11.3 Å². The van der Waals surface area contributed by atoms with Crippen molar-refractivity contribution in [1.29, 1.82) is 0 Å². The maximum Gasteiger partial charge on any atom is 0.271 e. The van der Waals surface area contributed by atoms with Crippen LogP contribution in [0.5, 0.6) is 11.5 Å². The molecule has 1 aromatic heterocycles. The van der Waals surface area contributed by atoms with Crippen LogP contribution in [0, 0.1) is 0 Å². The first-order valence-corrected chi connectivity index (χ1v) is 12.3. The van der Waals surface area contributed by atoms with Gasteiger partial charge in [0.05, 0.1) is 19.4 Å². The van der Waals surface area contributed by atoms with Gasteiger partial charge in [-0.3, -0.25) is 9.59 Å². The monoisotopic (exact) mass is 527 g/mol. The summed E-state index contributed by atoms with van der Waals surface area (Å²) >= 11 is 0. The Kier molecular flexibility index (Phi) is 8.96. The molecule has 0 aliphatic heterocycles. The van der Waals surface area contributed by atoms with E-state index in [4.69, 9.17) is 9.47 Å². The fraction of sp³-hybridized carbons (Fsp3) is 0.214. The summed E-state index contributed by atoms with van der Waals surface area (Å²) in [7, 11) is 3.32. The number of benzene rings is 3. The lowest BCUT2D eigenvalue weighted by Gasteiger charge is -2.14. The minimum atomic E-state index is -0.352. The molecule has 1 N–H and O–H groups in total. The molecule has 11 heteroatoms. The smallest absolute Gasteiger partial charge is 0.271 e. The first kappa shape index (κ1) is 27.0. The lowest BCUT2D eigenvalue weighted by Crippen LogP contribution is -2.27. The number of rotatable bonds is 11. The van der Waals surface area contributed by atoms with Gasteiger partial charge in [-0.15, -0.1) is 10.2 Å². The lowest BCUT2D eigenvalue weighted by atomic mass is 10.1. The zero-order valence-corrected chi connectivity index (χ0v) is 21.9. The van der Waals surface area contributed by atoms with Crippen LogP contribution in [-0.4, -0.2) is 70.4 Å². The predicted octanol–water partition coefficient (Wildman–Crippen LogP) is 3.02. The molecule has 4 aromatic rings. The SMILES string of the molecule is CCOc1cc(/C=N/NC(=O)c2ccc(Cn3nnc(-c4ccccc4)n3)cc2)ccc1OCC(=O)N(C)C. The lowest BCUT2D eigenvalue weighted by molar-refractivity contribution is -0.130. The fourth-order valence-corrected chi connectivity index (χ4v) is 3.43. The van der Waals surface area contributed by atoms with Gasteiger partial charge in [0.15, 0.2) is 18.1 Å². The Morgan fingerprint density at radius 1 is 1.00 bits per heavy atom. The summed E-state index contributed by atoms with van der Waals surface area (Å²) in [5.41, 5.74) is 5.49. The van der Waals surface area contributed by atoms with Gasteiger partial charge >= 0.3 is 0 Å². The Morgan fingerprint density at radius 2 is 1.77 bits per heavy atom. The average molecular weight is 528 g/mol. The molecule has 0 radical (unpaired) electrons. The summed E-state index contributed by atoms with van der Waals surface area (Å²) in [6.07, 6.45) is 1.50. The van der Waals surface area contributed by atoms with E-state index in [-0.39, 0.29) is 18.4 Å². The summed E-state index contributed by atoms with van der Waals surface area (Å²) in [6, 6.07) is 21.9. The number of nitrogens with one attached hydrogen (secondary N) is 1. The van der Waals surface area contributed by atoms with E-state index < -0.39 is 0 Å². The zero-order valence-electron chi connectivity index (χ0n) is 21.9. The molecule has 0 fully saturated rings. The molecule has 0 aliphatic rings. The summed E-state index contributed by atoms with van der Waals surface area (Å²) in [4.78, 5) is 27.3. The largest absolute Gasteiger partial charge is 0.490 e. The maximum atomic E-state index is 12.5. The molecule has 11 nitrogen and oxygen atoms in total. The Hall–Kier alpha value is -5.06. The summed E-state index contributed by atoms with van der Waals surface area (Å²) < 4.78 is 11.2. The first-order chi connectivity index (χ1) is 18.9. The van der Waals surface area contributed by atoms with E-state index in [0.717, 1.165) is 11.1 Å². The Morgan fingerprint density at radius 3 is 2.49 bits per heavy atom. The van der Waals surface area contributed by atoms with Crippen LogP contribution < -0.4 is 14.9 Å². The number of tetrazole rings is 1. The number of hydrogen-bond donors (Lipinski definition) is 1. The second kappa shape index (κ2) is 13.0. The van der Waals surface area contributed by atoms with E-state index in [1.165, 1.54) is 15.9 Å². The number of amides is 2. The van der Waals surface area contributed by atoms with E-state index in [1.54, 1.807) is 44.4 Å². The van der Waals surface area contributed by atoms with Gasteiger partial charge in [0.25, 0.3) is 11.8 Å². The third-order valence-corrected chi connectivity index (χ3v) is 5.52. The van der Waals surface area contributed by atoms with Crippen LogP contribution in [0.3, 0.4) is 0 Å². The number of aromatic nitrogens is 4. The van der Waals surface area contributed by atoms with Crippen LogP contribution in [0.4, 0.5) is 0 Å². The number of hydrogen-bond acceptors (Lipinski definition) is 8. The molecule has 1 heterocycles. The highest BCUT2D eigenvalue weighted by Gasteiger charge is 2.11. The maximum absolute atomic E-state index is 12.5. The van der Waals surface area contributed by atoms with Gasteiger partial charge in [-0.1, -0.05) is 42.5 Å². The van der Waals surface area contributed by atoms with Crippen LogP contribution in [0.1, 0.15) is 28.4 Å². The second-order valence-corrected chi connectivity index (χ2v) is 8.62. The predicted molar refractivity (Wildman–Crippen MR) is 146 cm³/mol. The molecular weight excluding hydrogens is 498 g/mol. The highest BCUT2D eigenvalue weighted by atomic mass is 16.5. The summed E-state index contributed by atoms with van der Waals surface area (Å²) in [5.74, 6) is 0.971. The fourth-order valence-electron chi connectivity index (χ4n) is 3.43. The van der Waals surface area contributed by atoms with Crippen LogP contribution in [0.2, 0.25) is 0 Å². The minimum absolute atomic E-state index is 0.0978. The van der Waals surface area contributed by atoms with Crippen molar-refractivity contribution in [2.24, 2.45) is 5.10 Å². The topological polar surface area (TPSA) is 124 Å². The van der Waals surface area contributed by atoms with Gasteiger partial charge in [0.1, 0.15) is 0 Å². The van der Waals surface area contributed by atoms with E-state index in [0.29, 0.717) is 41.6 Å². The zero-order chi connectivity index (χ0) is 27.6. The van der Waals surface area contributed by atoms with Crippen molar-refractivity contribution >= 4 is 18.0 Å². The molecule has 0 saturated heterocycles. The van der Waals surface area contributed by atoms with Crippen LogP contribution in [0.25, 0.3) is 11.4 Å². The van der Waals surface area contributed by atoms with Crippen molar-refractivity contribution in [2.75, 3.05) is 27.3 Å². The van der Waals surface area contributed by atoms with Crippen molar-refractivity contribution in [3.8, 4) is 22.9 Å². The third kappa shape index (κ3) is 7.48. The number of nitrogens with zero attached hydrogens (tertiary/aromatic N) is 6. The van der Waals surface area contributed by atoms with Gasteiger partial charge in [0.2, 0.25) is 5.82 Å². The van der Waals surface area contributed by atoms with Crippen LogP contribution in [0.15, 0.2) is 77.9 Å². The van der Waals surface area contributed by atoms with Gasteiger partial charge in [-0.05, 0) is 53.6 Å². The molecule has 3 aromatic carbocycles. The van der Waals surface area contributed by atoms with Crippen molar-refractivity contribution in [3.05, 3.63) is 89.5 Å². The van der Waals surface area contributed by atoms with Crippen molar-refractivity contribution in [1.82, 2.24) is 30.5 Å². The molecule has 0 atom stereocenters. The van der Waals surface area contributed by atoms with Gasteiger partial charge in [-0.25, -0.2) is 5.43 Å². The number of likely N-dealkylation sites (N-methyl/N-ethyl adjacent to an activating group) is 1. The second-order valence-electron chi connectivity index (χ2n) is 8.62. The Bertz CT molecular complexity index is 1430. The van der Waals surface area contributed by atoms with E-state index >= 15 is 0 Å². The standard InChI is InChI=1S/C28H29N7O4/c1-4-38-25-16-21(12-15-24(25)39-19-26(36)34(2)3)17-29-31-28(37)23-13-10-20(11-14-23)18-35-32-27(30-33-35)22-8-6-5-7-9-22/h5-17H,4,18-19H2,1-3H3,(H,31,37)/b29-17+. The normalized spacial score (nSPS) is 10.8. The number of carbonyl (C=O) groups is 2. The molecule has 0 bridgehead atoms. The van der Waals surface area contributed by atoms with E-state index in [2.05, 4.69) is 25.9 Å². The molecule has 2 amide bonds. The highest BCUT2D eigenvalue weighted by Crippen LogP contribution is 2.28. The first-order valence-electron chi connectivity index (χ1n) is 12.3. The molecule has 4 rings (SSSR count). The van der Waals surface area contributed by atoms with Gasteiger partial charge in [-0.2, -0.15) is 9.90 Å². The Balaban J connectivity index is 1.33. The molecule has 0 unspecified atom stereocenters. The minimum Gasteiger partial charge on any atom is -0.490 e. The number of ether oxygens (including phenoxy) is 2. The molecule has 0 spiro atoms. The summed E-state index contributed by atoms with van der Waals surface area (Å²) in [5, 5.41) is 16.7. The van der Waals surface area contributed by atoms with Gasteiger partial charge < -0.3 is 14.4 Å².